The van der Waals surface area contributed by atoms with Crippen molar-refractivity contribution in [2.24, 2.45) is 0 Å². The number of ether oxygens (including phenoxy) is 1. The van der Waals surface area contributed by atoms with Crippen molar-refractivity contribution in [3.63, 3.8) is 0 Å². The zero-order valence-electron chi connectivity index (χ0n) is 14.1. The zero-order chi connectivity index (χ0) is 17.4. The van der Waals surface area contributed by atoms with Crippen LogP contribution < -0.4 is 11.5 Å². The molecule has 0 atom stereocenters. The Kier molecular flexibility index (Phi) is 3.98. The van der Waals surface area contributed by atoms with Gasteiger partial charge in [-0.2, -0.15) is 5.10 Å². The lowest BCUT2D eigenvalue weighted by molar-refractivity contribution is 0.0337. The van der Waals surface area contributed by atoms with Crippen LogP contribution in [0.1, 0.15) is 11.4 Å². The SMILES string of the molecule is Cc1cc(-c2cc3c(N)nc(N)cc3nc2CN2CCOCC2)n[nH]1. The second-order valence-corrected chi connectivity index (χ2v) is 6.31. The Labute approximate surface area is 145 Å². The number of anilines is 2. The molecule has 0 aliphatic carbocycles. The highest BCUT2D eigenvalue weighted by Gasteiger charge is 2.18. The summed E-state index contributed by atoms with van der Waals surface area (Å²) in [5.74, 6) is 0.757. The molecule has 4 rings (SSSR count). The van der Waals surface area contributed by atoms with Gasteiger partial charge in [-0.25, -0.2) is 4.98 Å². The van der Waals surface area contributed by atoms with Crippen molar-refractivity contribution in [2.45, 2.75) is 13.5 Å². The van der Waals surface area contributed by atoms with E-state index in [2.05, 4.69) is 20.1 Å². The molecule has 25 heavy (non-hydrogen) atoms. The quantitative estimate of drug-likeness (QED) is 0.658. The van der Waals surface area contributed by atoms with Crippen LogP contribution in [0.15, 0.2) is 18.2 Å². The van der Waals surface area contributed by atoms with Crippen LogP contribution in [0.25, 0.3) is 22.2 Å². The van der Waals surface area contributed by atoms with Crippen LogP contribution in [0, 0.1) is 6.92 Å². The Morgan fingerprint density at radius 3 is 2.68 bits per heavy atom. The molecule has 0 saturated carbocycles. The van der Waals surface area contributed by atoms with Gasteiger partial charge in [-0.15, -0.1) is 0 Å². The fourth-order valence-corrected chi connectivity index (χ4v) is 3.12. The Bertz CT molecular complexity index is 915. The number of nitrogen functional groups attached to an aromatic ring is 2. The number of morpholine rings is 1. The van der Waals surface area contributed by atoms with Crippen molar-refractivity contribution in [1.82, 2.24) is 25.1 Å². The second-order valence-electron chi connectivity index (χ2n) is 6.31. The smallest absolute Gasteiger partial charge is 0.135 e. The Hall–Kier alpha value is -2.71. The van der Waals surface area contributed by atoms with Gasteiger partial charge in [0.15, 0.2) is 0 Å². The van der Waals surface area contributed by atoms with Gasteiger partial charge in [0.1, 0.15) is 11.6 Å². The number of rotatable bonds is 3. The monoisotopic (exact) mass is 339 g/mol. The number of aromatic amines is 1. The van der Waals surface area contributed by atoms with Gasteiger partial charge in [0, 0.05) is 42.3 Å². The molecule has 8 nitrogen and oxygen atoms in total. The average molecular weight is 339 g/mol. The summed E-state index contributed by atoms with van der Waals surface area (Å²) in [6, 6.07) is 5.77. The number of nitrogens with zero attached hydrogens (tertiary/aromatic N) is 4. The number of hydrogen-bond donors (Lipinski definition) is 3. The molecule has 0 amide bonds. The van der Waals surface area contributed by atoms with E-state index in [1.807, 2.05) is 19.1 Å². The summed E-state index contributed by atoms with van der Waals surface area (Å²) >= 11 is 0. The number of aromatic nitrogens is 4. The third kappa shape index (κ3) is 3.13. The van der Waals surface area contributed by atoms with E-state index in [1.165, 1.54) is 0 Å². The largest absolute Gasteiger partial charge is 0.384 e. The van der Waals surface area contributed by atoms with Gasteiger partial charge in [0.25, 0.3) is 0 Å². The first-order valence-electron chi connectivity index (χ1n) is 8.28. The van der Waals surface area contributed by atoms with Gasteiger partial charge in [0.05, 0.1) is 30.1 Å². The molecular weight excluding hydrogens is 318 g/mol. The Morgan fingerprint density at radius 2 is 1.96 bits per heavy atom. The van der Waals surface area contributed by atoms with Crippen molar-refractivity contribution in [2.75, 3.05) is 37.8 Å². The van der Waals surface area contributed by atoms with Crippen molar-refractivity contribution >= 4 is 22.5 Å². The lowest BCUT2D eigenvalue weighted by Crippen LogP contribution is -2.36. The second kappa shape index (κ2) is 6.30. The highest BCUT2D eigenvalue weighted by atomic mass is 16.5. The molecule has 0 radical (unpaired) electrons. The number of nitrogens with two attached hydrogens (primary N) is 2. The molecule has 1 fully saturated rings. The summed E-state index contributed by atoms with van der Waals surface area (Å²) in [5, 5.41) is 8.18. The van der Waals surface area contributed by atoms with Crippen LogP contribution in [-0.2, 0) is 11.3 Å². The summed E-state index contributed by atoms with van der Waals surface area (Å²) in [7, 11) is 0. The topological polar surface area (TPSA) is 119 Å². The van der Waals surface area contributed by atoms with E-state index in [1.54, 1.807) is 6.07 Å². The molecular formula is C17H21N7O. The van der Waals surface area contributed by atoms with Crippen LogP contribution in [0.4, 0.5) is 11.6 Å². The summed E-state index contributed by atoms with van der Waals surface area (Å²) < 4.78 is 5.44. The maximum Gasteiger partial charge on any atom is 0.135 e. The average Bonchev–Trinajstić information content (AvgIpc) is 3.01. The third-order valence-corrected chi connectivity index (χ3v) is 4.40. The van der Waals surface area contributed by atoms with Crippen molar-refractivity contribution in [3.8, 4) is 11.3 Å². The van der Waals surface area contributed by atoms with Gasteiger partial charge >= 0.3 is 0 Å². The van der Waals surface area contributed by atoms with Gasteiger partial charge < -0.3 is 16.2 Å². The fraction of sp³-hybridized carbons (Fsp3) is 0.353. The molecule has 0 spiro atoms. The van der Waals surface area contributed by atoms with Gasteiger partial charge in [-0.05, 0) is 19.1 Å². The van der Waals surface area contributed by atoms with Gasteiger partial charge in [0.2, 0.25) is 0 Å². The summed E-state index contributed by atoms with van der Waals surface area (Å²) in [5.41, 5.74) is 16.4. The minimum atomic E-state index is 0.373. The molecule has 0 unspecified atom stereocenters. The third-order valence-electron chi connectivity index (χ3n) is 4.40. The van der Waals surface area contributed by atoms with Crippen LogP contribution in [0.5, 0.6) is 0 Å². The molecule has 4 heterocycles. The van der Waals surface area contributed by atoms with Crippen LogP contribution in [-0.4, -0.2) is 51.4 Å². The minimum absolute atomic E-state index is 0.373. The predicted octanol–water partition coefficient (Wildman–Crippen LogP) is 1.32. The number of fused-ring (bicyclic) bond motifs is 1. The van der Waals surface area contributed by atoms with E-state index in [0.29, 0.717) is 11.6 Å². The lowest BCUT2D eigenvalue weighted by Gasteiger charge is -2.27. The summed E-state index contributed by atoms with van der Waals surface area (Å²) in [6.45, 7) is 5.97. The van der Waals surface area contributed by atoms with Crippen LogP contribution >= 0.6 is 0 Å². The molecule has 1 saturated heterocycles. The molecule has 3 aromatic heterocycles. The minimum Gasteiger partial charge on any atom is -0.384 e. The number of pyridine rings is 2. The molecule has 5 N–H and O–H groups in total. The lowest BCUT2D eigenvalue weighted by atomic mass is 10.1. The molecule has 0 bridgehead atoms. The molecule has 0 aromatic carbocycles. The van der Waals surface area contributed by atoms with E-state index in [9.17, 15) is 0 Å². The van der Waals surface area contributed by atoms with Crippen molar-refractivity contribution < 1.29 is 4.74 Å². The molecule has 3 aromatic rings. The fourth-order valence-electron chi connectivity index (χ4n) is 3.12. The Morgan fingerprint density at radius 1 is 1.16 bits per heavy atom. The van der Waals surface area contributed by atoms with E-state index in [4.69, 9.17) is 21.2 Å². The van der Waals surface area contributed by atoms with Gasteiger partial charge in [-0.3, -0.25) is 15.0 Å². The molecule has 1 aliphatic rings. The molecule has 8 heteroatoms. The maximum absolute atomic E-state index is 6.06. The summed E-state index contributed by atoms with van der Waals surface area (Å²) in [6.07, 6.45) is 0. The van der Waals surface area contributed by atoms with E-state index in [-0.39, 0.29) is 0 Å². The van der Waals surface area contributed by atoms with E-state index >= 15 is 0 Å². The standard InChI is InChI=1S/C17H21N7O/c1-10-6-14(23-22-10)11-7-12-13(8-16(18)21-17(12)19)20-15(11)9-24-2-4-25-5-3-24/h6-8H,2-5,9H2,1H3,(H,22,23)(H4,18,19,21). The normalized spacial score (nSPS) is 15.7. The number of H-pyrrole nitrogens is 1. The molecule has 1 aliphatic heterocycles. The molecule has 130 valence electrons. The maximum atomic E-state index is 6.06. The van der Waals surface area contributed by atoms with Crippen LogP contribution in [0.3, 0.4) is 0 Å². The first-order valence-corrected chi connectivity index (χ1v) is 8.28. The zero-order valence-corrected chi connectivity index (χ0v) is 14.1. The van der Waals surface area contributed by atoms with E-state index < -0.39 is 0 Å². The number of hydrogen-bond acceptors (Lipinski definition) is 7. The van der Waals surface area contributed by atoms with Gasteiger partial charge in [-0.1, -0.05) is 0 Å². The predicted molar refractivity (Wildman–Crippen MR) is 96.8 cm³/mol. The van der Waals surface area contributed by atoms with Crippen LogP contribution in [0.2, 0.25) is 0 Å². The number of aryl methyl sites for hydroxylation is 1. The highest BCUT2D eigenvalue weighted by Crippen LogP contribution is 2.29. The first-order chi connectivity index (χ1) is 12.1. The summed E-state index contributed by atoms with van der Waals surface area (Å²) in [4.78, 5) is 11.3. The van der Waals surface area contributed by atoms with Crippen molar-refractivity contribution in [3.05, 3.63) is 29.6 Å². The highest BCUT2D eigenvalue weighted by molar-refractivity contribution is 5.93. The Balaban J connectivity index is 1.84. The van der Waals surface area contributed by atoms with E-state index in [0.717, 1.165) is 66.4 Å². The first kappa shape index (κ1) is 15.8. The van der Waals surface area contributed by atoms with Crippen molar-refractivity contribution in [1.29, 1.82) is 0 Å². The number of nitrogens with one attached hydrogen (secondary N) is 1.